The second-order valence-electron chi connectivity index (χ2n) is 7.36. The fourth-order valence-electron chi connectivity index (χ4n) is 3.45. The number of benzene rings is 2. The van der Waals surface area contributed by atoms with Crippen molar-refractivity contribution in [2.75, 3.05) is 5.73 Å². The van der Waals surface area contributed by atoms with Gasteiger partial charge in [0.15, 0.2) is 0 Å². The zero-order valence-electron chi connectivity index (χ0n) is 16.8. The van der Waals surface area contributed by atoms with Crippen molar-refractivity contribution in [3.8, 4) is 11.1 Å². The molecule has 0 unspecified atom stereocenters. The van der Waals surface area contributed by atoms with E-state index in [0.717, 1.165) is 27.7 Å². The van der Waals surface area contributed by atoms with Gasteiger partial charge >= 0.3 is 0 Å². The third-order valence-corrected chi connectivity index (χ3v) is 5.03. The monoisotopic (exact) mass is 403 g/mol. The van der Waals surface area contributed by atoms with Crippen LogP contribution in [0, 0.1) is 5.82 Å². The second kappa shape index (κ2) is 7.94. The topological polar surface area (TPSA) is 85.8 Å². The summed E-state index contributed by atoms with van der Waals surface area (Å²) in [5, 5.41) is 3.58. The van der Waals surface area contributed by atoms with E-state index in [1.54, 1.807) is 12.1 Å². The van der Waals surface area contributed by atoms with Crippen molar-refractivity contribution in [1.82, 2.24) is 19.9 Å². The molecule has 0 saturated carbocycles. The van der Waals surface area contributed by atoms with Crippen LogP contribution in [-0.4, -0.2) is 20.4 Å². The molecule has 4 rings (SSSR count). The molecule has 6 nitrogen and oxygen atoms in total. The fraction of sp³-hybridized carbons (Fsp3) is 0.174. The van der Waals surface area contributed by atoms with Gasteiger partial charge in [0, 0.05) is 24.3 Å². The van der Waals surface area contributed by atoms with Gasteiger partial charge in [-0.25, -0.2) is 14.4 Å². The number of amides is 1. The Morgan fingerprint density at radius 1 is 1.13 bits per heavy atom. The van der Waals surface area contributed by atoms with Crippen molar-refractivity contribution in [2.45, 2.75) is 26.4 Å². The lowest BCUT2D eigenvalue weighted by molar-refractivity contribution is 0.0947. The summed E-state index contributed by atoms with van der Waals surface area (Å²) in [6.45, 7) is 4.47. The standard InChI is InChI=1S/C23H22FN5O/c1-14(2)29-12-18(20-21(25)27-13-28-22(20)29)16-9-7-15(8-10-16)11-26-23(30)17-5-3-4-6-19(17)24/h3-10,12-14H,11H2,1-2H3,(H,26,30)(H2,25,27,28). The molecule has 3 N–H and O–H groups in total. The Morgan fingerprint density at radius 2 is 1.87 bits per heavy atom. The first kappa shape index (κ1) is 19.6. The Labute approximate surface area is 173 Å². The first-order valence-electron chi connectivity index (χ1n) is 9.68. The number of carbonyl (C=O) groups excluding carboxylic acids is 1. The molecule has 0 spiro atoms. The Kier molecular flexibility index (Phi) is 5.18. The SMILES string of the molecule is CC(C)n1cc(-c2ccc(CNC(=O)c3ccccc3F)cc2)c2c(N)ncnc21. The smallest absolute Gasteiger partial charge is 0.254 e. The molecule has 0 bridgehead atoms. The molecule has 2 aromatic heterocycles. The maximum Gasteiger partial charge on any atom is 0.254 e. The summed E-state index contributed by atoms with van der Waals surface area (Å²) in [4.78, 5) is 20.7. The van der Waals surface area contributed by atoms with Gasteiger partial charge in [-0.05, 0) is 37.1 Å². The van der Waals surface area contributed by atoms with E-state index in [4.69, 9.17) is 5.73 Å². The predicted molar refractivity (Wildman–Crippen MR) is 115 cm³/mol. The molecule has 0 atom stereocenters. The Morgan fingerprint density at radius 3 is 2.57 bits per heavy atom. The van der Waals surface area contributed by atoms with E-state index >= 15 is 0 Å². The number of nitrogens with two attached hydrogens (primary N) is 1. The van der Waals surface area contributed by atoms with Crippen LogP contribution in [0.25, 0.3) is 22.2 Å². The third-order valence-electron chi connectivity index (χ3n) is 5.03. The molecule has 0 fully saturated rings. The summed E-state index contributed by atoms with van der Waals surface area (Å²) >= 11 is 0. The third kappa shape index (κ3) is 3.61. The lowest BCUT2D eigenvalue weighted by Crippen LogP contribution is -2.23. The quantitative estimate of drug-likeness (QED) is 0.519. The van der Waals surface area contributed by atoms with Gasteiger partial charge in [-0.15, -0.1) is 0 Å². The molecule has 1 amide bonds. The van der Waals surface area contributed by atoms with E-state index in [2.05, 4.69) is 33.7 Å². The van der Waals surface area contributed by atoms with E-state index in [9.17, 15) is 9.18 Å². The Balaban J connectivity index is 1.57. The van der Waals surface area contributed by atoms with Crippen molar-refractivity contribution in [1.29, 1.82) is 0 Å². The number of fused-ring (bicyclic) bond motifs is 1. The summed E-state index contributed by atoms with van der Waals surface area (Å²) in [6, 6.07) is 13.9. The fourth-order valence-corrected chi connectivity index (χ4v) is 3.45. The molecule has 2 aromatic carbocycles. The molecular formula is C23H22FN5O. The van der Waals surface area contributed by atoms with Crippen LogP contribution in [0.4, 0.5) is 10.2 Å². The zero-order valence-corrected chi connectivity index (χ0v) is 16.8. The second-order valence-corrected chi connectivity index (χ2v) is 7.36. The number of aromatic nitrogens is 3. The van der Waals surface area contributed by atoms with Crippen LogP contribution in [0.2, 0.25) is 0 Å². The summed E-state index contributed by atoms with van der Waals surface area (Å²) in [6.07, 6.45) is 3.51. The Hall–Kier alpha value is -3.74. The number of nitrogen functional groups attached to an aromatic ring is 1. The number of hydrogen-bond acceptors (Lipinski definition) is 4. The van der Waals surface area contributed by atoms with E-state index in [-0.39, 0.29) is 11.6 Å². The van der Waals surface area contributed by atoms with Crippen molar-refractivity contribution in [3.05, 3.63) is 78.0 Å². The number of carbonyl (C=O) groups is 1. The van der Waals surface area contributed by atoms with Crippen molar-refractivity contribution >= 4 is 22.8 Å². The van der Waals surface area contributed by atoms with E-state index < -0.39 is 11.7 Å². The van der Waals surface area contributed by atoms with Crippen molar-refractivity contribution in [2.24, 2.45) is 0 Å². The summed E-state index contributed by atoms with van der Waals surface area (Å²) < 4.78 is 15.8. The molecular weight excluding hydrogens is 381 g/mol. The minimum Gasteiger partial charge on any atom is -0.383 e. The molecule has 30 heavy (non-hydrogen) atoms. The average molecular weight is 403 g/mol. The molecule has 2 heterocycles. The summed E-state index contributed by atoms with van der Waals surface area (Å²) in [5.74, 6) is -0.538. The van der Waals surface area contributed by atoms with E-state index in [1.807, 2.05) is 30.5 Å². The highest BCUT2D eigenvalue weighted by Gasteiger charge is 2.16. The van der Waals surface area contributed by atoms with Gasteiger partial charge in [-0.3, -0.25) is 4.79 Å². The Bertz CT molecular complexity index is 1210. The van der Waals surface area contributed by atoms with Gasteiger partial charge in [0.25, 0.3) is 5.91 Å². The van der Waals surface area contributed by atoms with Crippen LogP contribution in [-0.2, 0) is 6.54 Å². The highest BCUT2D eigenvalue weighted by Crippen LogP contribution is 2.34. The normalized spacial score (nSPS) is 11.2. The number of rotatable bonds is 5. The van der Waals surface area contributed by atoms with Crippen LogP contribution >= 0.6 is 0 Å². The van der Waals surface area contributed by atoms with Crippen LogP contribution in [0.3, 0.4) is 0 Å². The number of halogens is 1. The van der Waals surface area contributed by atoms with Gasteiger partial charge in [0.05, 0.1) is 10.9 Å². The maximum absolute atomic E-state index is 13.7. The highest BCUT2D eigenvalue weighted by molar-refractivity contribution is 6.00. The van der Waals surface area contributed by atoms with Gasteiger partial charge < -0.3 is 15.6 Å². The first-order chi connectivity index (χ1) is 14.5. The zero-order chi connectivity index (χ0) is 21.3. The lowest BCUT2D eigenvalue weighted by Gasteiger charge is -2.08. The van der Waals surface area contributed by atoms with E-state index in [0.29, 0.717) is 12.4 Å². The number of hydrogen-bond donors (Lipinski definition) is 2. The minimum absolute atomic E-state index is 0.0334. The van der Waals surface area contributed by atoms with E-state index in [1.165, 1.54) is 18.5 Å². The van der Waals surface area contributed by atoms with Gasteiger partial charge in [0.2, 0.25) is 0 Å². The summed E-state index contributed by atoms with van der Waals surface area (Å²) in [5.41, 5.74) is 9.81. The molecule has 152 valence electrons. The minimum atomic E-state index is -0.535. The lowest BCUT2D eigenvalue weighted by atomic mass is 10.0. The van der Waals surface area contributed by atoms with Crippen LogP contribution in [0.5, 0.6) is 0 Å². The molecule has 0 saturated heterocycles. The molecule has 0 radical (unpaired) electrons. The first-order valence-corrected chi connectivity index (χ1v) is 9.68. The number of anilines is 1. The highest BCUT2D eigenvalue weighted by atomic mass is 19.1. The van der Waals surface area contributed by atoms with Crippen LogP contribution < -0.4 is 11.1 Å². The van der Waals surface area contributed by atoms with Crippen molar-refractivity contribution in [3.63, 3.8) is 0 Å². The predicted octanol–water partition coefficient (Wildman–Crippen LogP) is 4.33. The molecule has 0 aliphatic carbocycles. The number of nitrogens with zero attached hydrogens (tertiary/aromatic N) is 3. The summed E-state index contributed by atoms with van der Waals surface area (Å²) in [7, 11) is 0. The largest absolute Gasteiger partial charge is 0.383 e. The maximum atomic E-state index is 13.7. The van der Waals surface area contributed by atoms with Gasteiger partial charge in [-0.1, -0.05) is 36.4 Å². The van der Waals surface area contributed by atoms with Crippen LogP contribution in [0.15, 0.2) is 61.1 Å². The average Bonchev–Trinajstić information content (AvgIpc) is 3.14. The van der Waals surface area contributed by atoms with Gasteiger partial charge in [0.1, 0.15) is 23.6 Å². The number of nitrogens with one attached hydrogen (secondary N) is 1. The molecule has 0 aliphatic rings. The van der Waals surface area contributed by atoms with Crippen molar-refractivity contribution < 1.29 is 9.18 Å². The molecule has 0 aliphatic heterocycles. The molecule has 4 aromatic rings. The molecule has 7 heteroatoms. The van der Waals surface area contributed by atoms with Crippen LogP contribution in [0.1, 0.15) is 35.8 Å². The van der Waals surface area contributed by atoms with Gasteiger partial charge in [-0.2, -0.15) is 0 Å².